The summed E-state index contributed by atoms with van der Waals surface area (Å²) in [7, 11) is 0. The molecule has 1 atom stereocenters. The Bertz CT molecular complexity index is 613. The molecule has 0 spiro atoms. The molecule has 0 saturated carbocycles. The summed E-state index contributed by atoms with van der Waals surface area (Å²) in [4.78, 5) is 0. The first kappa shape index (κ1) is 15.0. The van der Waals surface area contributed by atoms with Gasteiger partial charge in [-0.3, -0.25) is 0 Å². The van der Waals surface area contributed by atoms with E-state index in [1.165, 1.54) is 6.07 Å². The summed E-state index contributed by atoms with van der Waals surface area (Å²) in [5.41, 5.74) is 2.39. The molecule has 0 aliphatic heterocycles. The van der Waals surface area contributed by atoms with Crippen LogP contribution in [0.25, 0.3) is 0 Å². The van der Waals surface area contributed by atoms with E-state index in [0.29, 0.717) is 5.56 Å². The average Bonchev–Trinajstić information content (AvgIpc) is 2.43. The van der Waals surface area contributed by atoms with E-state index in [1.807, 2.05) is 25.1 Å². The van der Waals surface area contributed by atoms with Gasteiger partial charge in [-0.2, -0.15) is 0 Å². The van der Waals surface area contributed by atoms with Crippen LogP contribution in [0, 0.1) is 11.6 Å². The fraction of sp³-hybridized carbons (Fsp3) is 0.250. The first-order valence-corrected chi connectivity index (χ1v) is 7.30. The SMILES string of the molecule is CCc1cc(Br)ccc1NC(C)c1cc(F)ccc1F. The topological polar surface area (TPSA) is 12.0 Å². The Hall–Kier alpha value is -1.42. The van der Waals surface area contributed by atoms with Crippen LogP contribution in [0.5, 0.6) is 0 Å². The van der Waals surface area contributed by atoms with Crippen LogP contribution in [0.15, 0.2) is 40.9 Å². The summed E-state index contributed by atoms with van der Waals surface area (Å²) in [6.45, 7) is 3.87. The summed E-state index contributed by atoms with van der Waals surface area (Å²) >= 11 is 3.43. The van der Waals surface area contributed by atoms with Crippen LogP contribution in [-0.2, 0) is 6.42 Å². The number of nitrogens with one attached hydrogen (secondary N) is 1. The lowest BCUT2D eigenvalue weighted by Gasteiger charge is -2.19. The molecule has 0 aliphatic carbocycles. The zero-order valence-electron chi connectivity index (χ0n) is 11.4. The van der Waals surface area contributed by atoms with Crippen molar-refractivity contribution < 1.29 is 8.78 Å². The molecule has 4 heteroatoms. The van der Waals surface area contributed by atoms with Crippen LogP contribution >= 0.6 is 15.9 Å². The summed E-state index contributed by atoms with van der Waals surface area (Å²) in [5, 5.41) is 3.25. The van der Waals surface area contributed by atoms with E-state index in [0.717, 1.165) is 34.3 Å². The lowest BCUT2D eigenvalue weighted by molar-refractivity contribution is 0.577. The molecule has 2 aromatic carbocycles. The number of anilines is 1. The number of rotatable bonds is 4. The van der Waals surface area contributed by atoms with Gasteiger partial charge in [0, 0.05) is 15.7 Å². The number of hydrogen-bond acceptors (Lipinski definition) is 1. The summed E-state index contributed by atoms with van der Waals surface area (Å²) in [6, 6.07) is 9.10. The highest BCUT2D eigenvalue weighted by Gasteiger charge is 2.13. The van der Waals surface area contributed by atoms with E-state index in [4.69, 9.17) is 0 Å². The molecule has 1 nitrogen and oxygen atoms in total. The van der Waals surface area contributed by atoms with Crippen molar-refractivity contribution in [2.75, 3.05) is 5.32 Å². The van der Waals surface area contributed by atoms with Crippen LogP contribution in [0.2, 0.25) is 0 Å². The van der Waals surface area contributed by atoms with E-state index >= 15 is 0 Å². The molecule has 1 N–H and O–H groups in total. The van der Waals surface area contributed by atoms with Gasteiger partial charge in [0.25, 0.3) is 0 Å². The molecule has 0 aromatic heterocycles. The third-order valence-corrected chi connectivity index (χ3v) is 3.74. The van der Waals surface area contributed by atoms with Crippen molar-refractivity contribution in [3.05, 3.63) is 63.6 Å². The summed E-state index contributed by atoms with van der Waals surface area (Å²) in [5.74, 6) is -0.830. The number of aryl methyl sites for hydroxylation is 1. The smallest absolute Gasteiger partial charge is 0.128 e. The molecule has 2 rings (SSSR count). The lowest BCUT2D eigenvalue weighted by atomic mass is 10.1. The van der Waals surface area contributed by atoms with Crippen molar-refractivity contribution in [1.29, 1.82) is 0 Å². The van der Waals surface area contributed by atoms with E-state index in [1.54, 1.807) is 0 Å². The Balaban J connectivity index is 2.27. The molecule has 0 fully saturated rings. The van der Waals surface area contributed by atoms with E-state index in [9.17, 15) is 8.78 Å². The second-order valence-electron chi connectivity index (χ2n) is 4.69. The maximum Gasteiger partial charge on any atom is 0.128 e. The van der Waals surface area contributed by atoms with Crippen molar-refractivity contribution >= 4 is 21.6 Å². The molecular weight excluding hydrogens is 324 g/mol. The standard InChI is InChI=1S/C16H16BrF2N/c1-3-11-8-12(17)4-7-16(11)20-10(2)14-9-13(18)5-6-15(14)19/h4-10,20H,3H2,1-2H3. The second-order valence-corrected chi connectivity index (χ2v) is 5.60. The van der Waals surface area contributed by atoms with E-state index < -0.39 is 11.6 Å². The van der Waals surface area contributed by atoms with Gasteiger partial charge in [-0.15, -0.1) is 0 Å². The molecule has 0 radical (unpaired) electrons. The third-order valence-electron chi connectivity index (χ3n) is 3.24. The predicted molar refractivity (Wildman–Crippen MR) is 81.9 cm³/mol. The van der Waals surface area contributed by atoms with Crippen molar-refractivity contribution in [2.45, 2.75) is 26.3 Å². The third kappa shape index (κ3) is 3.37. The monoisotopic (exact) mass is 339 g/mol. The quantitative estimate of drug-likeness (QED) is 0.779. The van der Waals surface area contributed by atoms with Crippen LogP contribution in [0.1, 0.15) is 31.0 Å². The van der Waals surface area contributed by atoms with Crippen LogP contribution in [0.4, 0.5) is 14.5 Å². The van der Waals surface area contributed by atoms with Gasteiger partial charge in [0.05, 0.1) is 6.04 Å². The Labute approximate surface area is 126 Å². The van der Waals surface area contributed by atoms with Crippen molar-refractivity contribution in [2.24, 2.45) is 0 Å². The fourth-order valence-electron chi connectivity index (χ4n) is 2.15. The number of benzene rings is 2. The molecule has 20 heavy (non-hydrogen) atoms. The predicted octanol–water partition coefficient (Wildman–Crippen LogP) is 5.46. The minimum Gasteiger partial charge on any atom is -0.378 e. The van der Waals surface area contributed by atoms with Gasteiger partial charge in [-0.05, 0) is 55.3 Å². The zero-order chi connectivity index (χ0) is 14.7. The Morgan fingerprint density at radius 2 is 1.90 bits per heavy atom. The van der Waals surface area contributed by atoms with Gasteiger partial charge in [0.15, 0.2) is 0 Å². The molecule has 106 valence electrons. The molecule has 1 unspecified atom stereocenters. The first-order valence-electron chi connectivity index (χ1n) is 6.51. The highest BCUT2D eigenvalue weighted by Crippen LogP contribution is 2.27. The molecule has 0 bridgehead atoms. The molecular formula is C16H16BrF2N. The molecule has 0 amide bonds. The maximum absolute atomic E-state index is 13.8. The Morgan fingerprint density at radius 1 is 1.15 bits per heavy atom. The maximum atomic E-state index is 13.8. The van der Waals surface area contributed by atoms with Crippen LogP contribution in [-0.4, -0.2) is 0 Å². The highest BCUT2D eigenvalue weighted by atomic mass is 79.9. The van der Waals surface area contributed by atoms with E-state index in [-0.39, 0.29) is 6.04 Å². The van der Waals surface area contributed by atoms with Gasteiger partial charge in [-0.1, -0.05) is 22.9 Å². The summed E-state index contributed by atoms with van der Waals surface area (Å²) < 4.78 is 28.0. The number of halogens is 3. The van der Waals surface area contributed by atoms with Crippen molar-refractivity contribution in [3.8, 4) is 0 Å². The molecule has 0 heterocycles. The first-order chi connectivity index (χ1) is 9.51. The van der Waals surface area contributed by atoms with Gasteiger partial charge in [-0.25, -0.2) is 8.78 Å². The van der Waals surface area contributed by atoms with Crippen molar-refractivity contribution in [3.63, 3.8) is 0 Å². The molecule has 0 saturated heterocycles. The van der Waals surface area contributed by atoms with Crippen LogP contribution in [0.3, 0.4) is 0 Å². The van der Waals surface area contributed by atoms with Gasteiger partial charge >= 0.3 is 0 Å². The Kier molecular flexibility index (Phi) is 4.76. The van der Waals surface area contributed by atoms with Gasteiger partial charge < -0.3 is 5.32 Å². The minimum atomic E-state index is -0.429. The second kappa shape index (κ2) is 6.35. The number of hydrogen-bond donors (Lipinski definition) is 1. The van der Waals surface area contributed by atoms with Crippen molar-refractivity contribution in [1.82, 2.24) is 0 Å². The highest BCUT2D eigenvalue weighted by molar-refractivity contribution is 9.10. The largest absolute Gasteiger partial charge is 0.378 e. The van der Waals surface area contributed by atoms with Gasteiger partial charge in [0.2, 0.25) is 0 Å². The molecule has 2 aromatic rings. The zero-order valence-corrected chi connectivity index (χ0v) is 13.0. The fourth-order valence-corrected chi connectivity index (χ4v) is 2.56. The normalized spacial score (nSPS) is 12.2. The van der Waals surface area contributed by atoms with E-state index in [2.05, 4.69) is 28.2 Å². The summed E-state index contributed by atoms with van der Waals surface area (Å²) in [6.07, 6.45) is 0.861. The lowest BCUT2D eigenvalue weighted by Crippen LogP contribution is -2.10. The minimum absolute atomic E-state index is 0.308. The average molecular weight is 340 g/mol. The van der Waals surface area contributed by atoms with Crippen LogP contribution < -0.4 is 5.32 Å². The molecule has 0 aliphatic rings. The Morgan fingerprint density at radius 3 is 2.60 bits per heavy atom. The van der Waals surface area contributed by atoms with Gasteiger partial charge in [0.1, 0.15) is 11.6 Å².